The molecule has 0 aromatic carbocycles. The highest BCUT2D eigenvalue weighted by atomic mass is 16.5. The van der Waals surface area contributed by atoms with E-state index in [9.17, 15) is 4.79 Å². The molecular weight excluding hydrogens is 236 g/mol. The molecule has 0 aliphatic carbocycles. The Kier molecular flexibility index (Phi) is 13.9. The summed E-state index contributed by atoms with van der Waals surface area (Å²) in [5, 5.41) is 0. The quantitative estimate of drug-likeness (QED) is 0.374. The molecule has 108 valence electrons. The molecule has 0 saturated carbocycles. The molecular formula is C13H26O5. The number of esters is 1. The Morgan fingerprint density at radius 2 is 1.56 bits per heavy atom. The van der Waals surface area contributed by atoms with Crippen LogP contribution in [0.5, 0.6) is 0 Å². The minimum atomic E-state index is -0.136. The molecule has 0 saturated heterocycles. The number of hydrogen-bond donors (Lipinski definition) is 0. The fraction of sp³-hybridized carbons (Fsp3) is 0.923. The van der Waals surface area contributed by atoms with E-state index in [1.165, 1.54) is 0 Å². The van der Waals surface area contributed by atoms with E-state index >= 15 is 0 Å². The normalized spacial score (nSPS) is 10.6. The highest BCUT2D eigenvalue weighted by Crippen LogP contribution is 1.96. The van der Waals surface area contributed by atoms with Gasteiger partial charge in [-0.1, -0.05) is 13.3 Å². The number of methoxy groups -OCH3 is 1. The molecule has 0 fully saturated rings. The maximum atomic E-state index is 11.2. The second-order valence-electron chi connectivity index (χ2n) is 3.90. The van der Waals surface area contributed by atoms with Crippen molar-refractivity contribution in [1.82, 2.24) is 0 Å². The molecule has 0 rings (SSSR count). The molecule has 0 amide bonds. The second kappa shape index (κ2) is 14.4. The van der Waals surface area contributed by atoms with Crippen molar-refractivity contribution >= 4 is 5.97 Å². The molecule has 0 aromatic heterocycles. The van der Waals surface area contributed by atoms with Crippen LogP contribution in [0.25, 0.3) is 0 Å². The van der Waals surface area contributed by atoms with Crippen molar-refractivity contribution < 1.29 is 23.7 Å². The third-order valence-electron chi connectivity index (χ3n) is 2.23. The predicted octanol–water partition coefficient (Wildman–Crippen LogP) is 1.79. The number of hydrogen-bond acceptors (Lipinski definition) is 5. The van der Waals surface area contributed by atoms with Crippen molar-refractivity contribution in [2.75, 3.05) is 46.8 Å². The first-order chi connectivity index (χ1) is 8.81. The van der Waals surface area contributed by atoms with Gasteiger partial charge in [0.05, 0.1) is 33.0 Å². The molecule has 5 heteroatoms. The highest BCUT2D eigenvalue weighted by Gasteiger charge is 2.01. The molecule has 0 N–H and O–H groups in total. The summed E-state index contributed by atoms with van der Waals surface area (Å²) < 4.78 is 20.4. The van der Waals surface area contributed by atoms with E-state index < -0.39 is 0 Å². The fourth-order valence-electron chi connectivity index (χ4n) is 1.19. The van der Waals surface area contributed by atoms with Gasteiger partial charge in [-0.05, 0) is 12.8 Å². The Labute approximate surface area is 110 Å². The van der Waals surface area contributed by atoms with Gasteiger partial charge in [0.1, 0.15) is 0 Å². The van der Waals surface area contributed by atoms with Crippen LogP contribution in [0, 0.1) is 0 Å². The lowest BCUT2D eigenvalue weighted by Crippen LogP contribution is -2.10. The number of unbranched alkanes of at least 4 members (excludes halogenated alkanes) is 1. The van der Waals surface area contributed by atoms with Gasteiger partial charge in [0.25, 0.3) is 0 Å². The van der Waals surface area contributed by atoms with Crippen molar-refractivity contribution in [3.63, 3.8) is 0 Å². The summed E-state index contributed by atoms with van der Waals surface area (Å²) >= 11 is 0. The molecule has 0 unspecified atom stereocenters. The van der Waals surface area contributed by atoms with Crippen LogP contribution in [0.15, 0.2) is 0 Å². The van der Waals surface area contributed by atoms with Crippen LogP contribution in [0.4, 0.5) is 0 Å². The van der Waals surface area contributed by atoms with E-state index in [2.05, 4.69) is 6.92 Å². The Morgan fingerprint density at radius 1 is 0.889 bits per heavy atom. The van der Waals surface area contributed by atoms with E-state index in [0.717, 1.165) is 12.8 Å². The first kappa shape index (κ1) is 17.4. The molecule has 0 bridgehead atoms. The van der Waals surface area contributed by atoms with Gasteiger partial charge in [-0.2, -0.15) is 0 Å². The lowest BCUT2D eigenvalue weighted by Gasteiger charge is -2.06. The van der Waals surface area contributed by atoms with Crippen molar-refractivity contribution in [2.24, 2.45) is 0 Å². The second-order valence-corrected chi connectivity index (χ2v) is 3.90. The molecule has 0 spiro atoms. The summed E-state index contributed by atoms with van der Waals surface area (Å²) in [5.41, 5.74) is 0. The molecule has 0 atom stereocenters. The zero-order chi connectivity index (χ0) is 13.5. The van der Waals surface area contributed by atoms with Crippen LogP contribution in [0.3, 0.4) is 0 Å². The fourth-order valence-corrected chi connectivity index (χ4v) is 1.19. The summed E-state index contributed by atoms with van der Waals surface area (Å²) in [6, 6.07) is 0. The van der Waals surface area contributed by atoms with E-state index in [4.69, 9.17) is 18.9 Å². The van der Waals surface area contributed by atoms with Crippen LogP contribution < -0.4 is 0 Å². The van der Waals surface area contributed by atoms with Gasteiger partial charge >= 0.3 is 5.97 Å². The van der Waals surface area contributed by atoms with Gasteiger partial charge in [-0.15, -0.1) is 0 Å². The van der Waals surface area contributed by atoms with E-state index in [0.29, 0.717) is 52.5 Å². The number of carbonyl (C=O) groups excluding carboxylic acids is 1. The smallest absolute Gasteiger partial charge is 0.305 e. The van der Waals surface area contributed by atoms with Gasteiger partial charge in [0, 0.05) is 20.1 Å². The highest BCUT2D eigenvalue weighted by molar-refractivity contribution is 5.69. The average Bonchev–Trinajstić information content (AvgIpc) is 2.37. The minimum absolute atomic E-state index is 0.136. The molecule has 0 heterocycles. The summed E-state index contributed by atoms with van der Waals surface area (Å²) in [4.78, 5) is 11.2. The van der Waals surface area contributed by atoms with Gasteiger partial charge in [-0.3, -0.25) is 4.79 Å². The summed E-state index contributed by atoms with van der Waals surface area (Å²) in [7, 11) is 1.64. The van der Waals surface area contributed by atoms with E-state index in [-0.39, 0.29) is 5.97 Å². The van der Waals surface area contributed by atoms with Crippen LogP contribution in [-0.2, 0) is 23.7 Å². The zero-order valence-electron chi connectivity index (χ0n) is 11.6. The average molecular weight is 262 g/mol. The number of ether oxygens (including phenoxy) is 4. The zero-order valence-corrected chi connectivity index (χ0v) is 11.6. The van der Waals surface area contributed by atoms with Crippen molar-refractivity contribution in [1.29, 1.82) is 0 Å². The van der Waals surface area contributed by atoms with Crippen LogP contribution in [0.2, 0.25) is 0 Å². The van der Waals surface area contributed by atoms with Crippen molar-refractivity contribution in [3.8, 4) is 0 Å². The standard InChI is InChI=1S/C13H26O5/c1-3-4-8-18-13(14)6-5-7-16-11-12-17-10-9-15-2/h3-12H2,1-2H3. The summed E-state index contributed by atoms with van der Waals surface area (Å²) in [6.07, 6.45) is 3.10. The first-order valence-electron chi connectivity index (χ1n) is 6.61. The van der Waals surface area contributed by atoms with Crippen LogP contribution >= 0.6 is 0 Å². The Balaban J connectivity index is 3.08. The maximum absolute atomic E-state index is 11.2. The van der Waals surface area contributed by atoms with Crippen LogP contribution in [-0.4, -0.2) is 52.7 Å². The Morgan fingerprint density at radius 3 is 2.22 bits per heavy atom. The summed E-state index contributed by atoms with van der Waals surface area (Å²) in [5.74, 6) is -0.136. The molecule has 5 nitrogen and oxygen atoms in total. The molecule has 0 aliphatic heterocycles. The minimum Gasteiger partial charge on any atom is -0.466 e. The molecule has 18 heavy (non-hydrogen) atoms. The number of carbonyl (C=O) groups is 1. The van der Waals surface area contributed by atoms with Crippen LogP contribution in [0.1, 0.15) is 32.6 Å². The maximum Gasteiger partial charge on any atom is 0.305 e. The third kappa shape index (κ3) is 13.4. The van der Waals surface area contributed by atoms with Gasteiger partial charge in [-0.25, -0.2) is 0 Å². The first-order valence-corrected chi connectivity index (χ1v) is 6.61. The lowest BCUT2D eigenvalue weighted by molar-refractivity contribution is -0.144. The summed E-state index contributed by atoms with van der Waals surface area (Å²) in [6.45, 7) is 5.46. The largest absolute Gasteiger partial charge is 0.466 e. The molecule has 0 aromatic rings. The Bertz CT molecular complexity index is 184. The lowest BCUT2D eigenvalue weighted by atomic mass is 10.3. The van der Waals surface area contributed by atoms with Crippen molar-refractivity contribution in [3.05, 3.63) is 0 Å². The molecule has 0 aliphatic rings. The monoisotopic (exact) mass is 262 g/mol. The van der Waals surface area contributed by atoms with Gasteiger partial charge < -0.3 is 18.9 Å². The third-order valence-corrected chi connectivity index (χ3v) is 2.23. The predicted molar refractivity (Wildman–Crippen MR) is 68.6 cm³/mol. The Hall–Kier alpha value is -0.650. The van der Waals surface area contributed by atoms with E-state index in [1.54, 1.807) is 7.11 Å². The van der Waals surface area contributed by atoms with Gasteiger partial charge in [0.2, 0.25) is 0 Å². The van der Waals surface area contributed by atoms with Crippen molar-refractivity contribution in [2.45, 2.75) is 32.6 Å². The van der Waals surface area contributed by atoms with Gasteiger partial charge in [0.15, 0.2) is 0 Å². The number of rotatable bonds is 13. The molecule has 0 radical (unpaired) electrons. The SMILES string of the molecule is CCCCOC(=O)CCCOCCOCCOC. The topological polar surface area (TPSA) is 54.0 Å². The van der Waals surface area contributed by atoms with E-state index in [1.807, 2.05) is 0 Å².